The lowest BCUT2D eigenvalue weighted by atomic mass is 10.1. The van der Waals surface area contributed by atoms with Crippen LogP contribution in [0.1, 0.15) is 18.5 Å². The number of carbonyl (C=O) groups is 5. The van der Waals surface area contributed by atoms with Crippen molar-refractivity contribution in [1.29, 1.82) is 0 Å². The zero-order chi connectivity index (χ0) is 17.3. The Morgan fingerprint density at radius 3 is 2.33 bits per heavy atom. The third-order valence-electron chi connectivity index (χ3n) is 3.58. The van der Waals surface area contributed by atoms with Gasteiger partial charge < -0.3 is 9.82 Å². The standard InChI is InChI=1S/C14H12N4O6/c19-10-1-2-11(20)17(10)9(5-8-6-15-7-16-8)14(23)24-18-12(21)3-4-13(18)22/h1-2,6-7,9H,3-5H2,(H,15,16). The molecule has 1 aromatic heterocycles. The Bertz CT molecular complexity index is 719. The second kappa shape index (κ2) is 6.07. The SMILES string of the molecule is O=C(ON1C(=O)CCC1=O)C(Cc1cnc[nH]1)N1C(=O)C=CC1=O. The lowest BCUT2D eigenvalue weighted by molar-refractivity contribution is -0.201. The van der Waals surface area contributed by atoms with Crippen molar-refractivity contribution in [1.82, 2.24) is 19.9 Å². The van der Waals surface area contributed by atoms with E-state index in [2.05, 4.69) is 9.97 Å². The molecule has 2 aliphatic heterocycles. The summed E-state index contributed by atoms with van der Waals surface area (Å²) in [6.45, 7) is 0. The molecule has 0 bridgehead atoms. The first-order valence-corrected chi connectivity index (χ1v) is 7.07. The molecule has 1 aromatic rings. The van der Waals surface area contributed by atoms with Crippen LogP contribution >= 0.6 is 0 Å². The average Bonchev–Trinajstić information content (AvgIpc) is 3.24. The summed E-state index contributed by atoms with van der Waals surface area (Å²) < 4.78 is 0. The summed E-state index contributed by atoms with van der Waals surface area (Å²) >= 11 is 0. The summed E-state index contributed by atoms with van der Waals surface area (Å²) in [7, 11) is 0. The van der Waals surface area contributed by atoms with E-state index in [9.17, 15) is 24.0 Å². The highest BCUT2D eigenvalue weighted by Gasteiger charge is 2.41. The van der Waals surface area contributed by atoms with Gasteiger partial charge in [0.25, 0.3) is 23.6 Å². The van der Waals surface area contributed by atoms with Gasteiger partial charge in [0.05, 0.1) is 6.33 Å². The van der Waals surface area contributed by atoms with Gasteiger partial charge in [-0.05, 0) is 0 Å². The third kappa shape index (κ3) is 2.81. The summed E-state index contributed by atoms with van der Waals surface area (Å²) in [5.74, 6) is -3.71. The van der Waals surface area contributed by atoms with Gasteiger partial charge in [0.1, 0.15) is 6.04 Å². The fraction of sp³-hybridized carbons (Fsp3) is 0.286. The molecule has 0 saturated carbocycles. The van der Waals surface area contributed by atoms with Gasteiger partial charge in [-0.25, -0.2) is 9.78 Å². The van der Waals surface area contributed by atoms with Crippen molar-refractivity contribution in [3.05, 3.63) is 30.4 Å². The Balaban J connectivity index is 1.82. The molecule has 1 N–H and O–H groups in total. The molecule has 2 aliphatic rings. The molecule has 1 saturated heterocycles. The van der Waals surface area contributed by atoms with E-state index in [1.54, 1.807) is 0 Å². The van der Waals surface area contributed by atoms with Gasteiger partial charge in [-0.15, -0.1) is 5.06 Å². The number of H-pyrrole nitrogens is 1. The maximum absolute atomic E-state index is 12.4. The predicted molar refractivity (Wildman–Crippen MR) is 74.3 cm³/mol. The quantitative estimate of drug-likeness (QED) is 0.674. The van der Waals surface area contributed by atoms with E-state index in [1.807, 2.05) is 0 Å². The summed E-state index contributed by atoms with van der Waals surface area (Å²) in [5, 5.41) is 0.376. The molecule has 10 heteroatoms. The van der Waals surface area contributed by atoms with Crippen molar-refractivity contribution in [2.75, 3.05) is 0 Å². The van der Waals surface area contributed by atoms with Crippen LogP contribution in [0.4, 0.5) is 0 Å². The minimum atomic E-state index is -1.33. The highest BCUT2D eigenvalue weighted by molar-refractivity contribution is 6.15. The molecule has 1 unspecified atom stereocenters. The Labute approximate surface area is 135 Å². The highest BCUT2D eigenvalue weighted by atomic mass is 16.7. The molecule has 1 fully saturated rings. The second-order valence-electron chi connectivity index (χ2n) is 5.17. The number of aromatic amines is 1. The van der Waals surface area contributed by atoms with Crippen molar-refractivity contribution >= 4 is 29.6 Å². The number of imide groups is 2. The minimum absolute atomic E-state index is 0.0551. The molecule has 0 aliphatic carbocycles. The van der Waals surface area contributed by atoms with Crippen LogP contribution in [0.15, 0.2) is 24.7 Å². The lowest BCUT2D eigenvalue weighted by Gasteiger charge is -2.25. The van der Waals surface area contributed by atoms with Crippen molar-refractivity contribution in [3.8, 4) is 0 Å². The molecule has 1 atom stereocenters. The van der Waals surface area contributed by atoms with Crippen LogP contribution in [-0.4, -0.2) is 55.6 Å². The first-order valence-electron chi connectivity index (χ1n) is 7.07. The number of nitrogens with one attached hydrogen (secondary N) is 1. The fourth-order valence-electron chi connectivity index (χ4n) is 2.41. The topological polar surface area (TPSA) is 130 Å². The van der Waals surface area contributed by atoms with Crippen LogP contribution in [0.5, 0.6) is 0 Å². The van der Waals surface area contributed by atoms with Gasteiger partial charge in [-0.1, -0.05) is 0 Å². The van der Waals surface area contributed by atoms with E-state index in [0.717, 1.165) is 12.2 Å². The Hall–Kier alpha value is -3.30. The summed E-state index contributed by atoms with van der Waals surface area (Å²) in [4.78, 5) is 71.4. The molecule has 0 spiro atoms. The van der Waals surface area contributed by atoms with Crippen LogP contribution in [-0.2, 0) is 35.2 Å². The second-order valence-corrected chi connectivity index (χ2v) is 5.17. The Morgan fingerprint density at radius 2 is 1.79 bits per heavy atom. The van der Waals surface area contributed by atoms with Gasteiger partial charge in [-0.3, -0.25) is 24.1 Å². The number of hydrogen-bond acceptors (Lipinski definition) is 7. The van der Waals surface area contributed by atoms with E-state index in [1.165, 1.54) is 12.5 Å². The molecule has 0 aromatic carbocycles. The summed E-state index contributed by atoms with van der Waals surface area (Å²) in [6.07, 6.45) is 4.65. The van der Waals surface area contributed by atoms with Gasteiger partial charge in [0.2, 0.25) is 0 Å². The normalized spacial score (nSPS) is 18.7. The maximum Gasteiger partial charge on any atom is 0.356 e. The first-order chi connectivity index (χ1) is 11.5. The van der Waals surface area contributed by atoms with E-state index < -0.39 is 35.6 Å². The van der Waals surface area contributed by atoms with Crippen molar-refractivity contribution < 1.29 is 28.8 Å². The molecule has 4 amide bonds. The first kappa shape index (κ1) is 15.6. The number of imidazole rings is 1. The molecule has 24 heavy (non-hydrogen) atoms. The summed E-state index contributed by atoms with van der Waals surface area (Å²) in [6, 6.07) is -1.33. The number of aromatic nitrogens is 2. The number of amides is 4. The fourth-order valence-corrected chi connectivity index (χ4v) is 2.41. The van der Waals surface area contributed by atoms with Gasteiger partial charge in [0, 0.05) is 43.3 Å². The van der Waals surface area contributed by atoms with Crippen LogP contribution in [0.25, 0.3) is 0 Å². The highest BCUT2D eigenvalue weighted by Crippen LogP contribution is 2.18. The predicted octanol–water partition coefficient (Wildman–Crippen LogP) is -1.15. The largest absolute Gasteiger partial charge is 0.356 e. The maximum atomic E-state index is 12.4. The average molecular weight is 332 g/mol. The van der Waals surface area contributed by atoms with E-state index in [0.29, 0.717) is 15.7 Å². The Morgan fingerprint density at radius 1 is 1.17 bits per heavy atom. The van der Waals surface area contributed by atoms with Crippen LogP contribution < -0.4 is 0 Å². The molecule has 0 radical (unpaired) electrons. The zero-order valence-corrected chi connectivity index (χ0v) is 12.3. The van der Waals surface area contributed by atoms with E-state index >= 15 is 0 Å². The van der Waals surface area contributed by atoms with Crippen LogP contribution in [0.3, 0.4) is 0 Å². The molecule has 10 nitrogen and oxygen atoms in total. The molecule has 124 valence electrons. The number of rotatable bonds is 5. The van der Waals surface area contributed by atoms with Crippen LogP contribution in [0, 0.1) is 0 Å². The Kier molecular flexibility index (Phi) is 3.94. The molecular formula is C14H12N4O6. The lowest BCUT2D eigenvalue weighted by Crippen LogP contribution is -2.49. The van der Waals surface area contributed by atoms with Gasteiger partial charge in [-0.2, -0.15) is 0 Å². The van der Waals surface area contributed by atoms with Gasteiger partial charge in [0.15, 0.2) is 0 Å². The van der Waals surface area contributed by atoms with Crippen LogP contribution in [0.2, 0.25) is 0 Å². The summed E-state index contributed by atoms with van der Waals surface area (Å²) in [5.41, 5.74) is 0.475. The number of carbonyl (C=O) groups excluding carboxylic acids is 5. The number of hydrogen-bond donors (Lipinski definition) is 1. The molecule has 3 heterocycles. The third-order valence-corrected chi connectivity index (χ3v) is 3.58. The number of nitrogens with zero attached hydrogens (tertiary/aromatic N) is 3. The zero-order valence-electron chi connectivity index (χ0n) is 12.3. The van der Waals surface area contributed by atoms with E-state index in [4.69, 9.17) is 4.84 Å². The smallest absolute Gasteiger partial charge is 0.348 e. The monoisotopic (exact) mass is 332 g/mol. The van der Waals surface area contributed by atoms with Gasteiger partial charge >= 0.3 is 5.97 Å². The minimum Gasteiger partial charge on any atom is -0.348 e. The molecule has 3 rings (SSSR count). The molecular weight excluding hydrogens is 320 g/mol. The van der Waals surface area contributed by atoms with E-state index in [-0.39, 0.29) is 19.3 Å². The van der Waals surface area contributed by atoms with Crippen molar-refractivity contribution in [3.63, 3.8) is 0 Å². The van der Waals surface area contributed by atoms with Crippen molar-refractivity contribution in [2.24, 2.45) is 0 Å². The number of hydroxylamine groups is 2. The van der Waals surface area contributed by atoms with Crippen molar-refractivity contribution in [2.45, 2.75) is 25.3 Å².